The van der Waals surface area contributed by atoms with Crippen LogP contribution in [0.25, 0.3) is 33.0 Å². The first kappa shape index (κ1) is 24.0. The molecule has 0 fully saturated rings. The lowest BCUT2D eigenvalue weighted by molar-refractivity contribution is -0.944. The van der Waals surface area contributed by atoms with Gasteiger partial charge in [-0.3, -0.25) is 0 Å². The van der Waals surface area contributed by atoms with Crippen LogP contribution in [0.5, 0.6) is 0 Å². The third-order valence-corrected chi connectivity index (χ3v) is 7.61. The molecule has 0 saturated carbocycles. The normalized spacial score (nSPS) is 12.8. The smallest absolute Gasteiger partial charge is 0.321 e. The predicted octanol–water partition coefficient (Wildman–Crippen LogP) is 8.52. The highest BCUT2D eigenvalue weighted by atomic mass is 19.4. The molecule has 0 saturated heterocycles. The maximum atomic E-state index is 13.0. The molecule has 4 rings (SSSR count). The first-order valence-electron chi connectivity index (χ1n) is 11.6. The van der Waals surface area contributed by atoms with Crippen LogP contribution in [0.1, 0.15) is 31.9 Å². The highest BCUT2D eigenvalue weighted by molar-refractivity contribution is 5.98. The molecule has 0 N–H and O–H groups in total. The van der Waals surface area contributed by atoms with Crippen LogP contribution >= 0.6 is 0 Å². The van der Waals surface area contributed by atoms with Gasteiger partial charge in [0.05, 0.1) is 26.2 Å². The fourth-order valence-corrected chi connectivity index (χ4v) is 4.38. The van der Waals surface area contributed by atoms with Gasteiger partial charge in [0, 0.05) is 5.56 Å². The lowest BCUT2D eigenvalue weighted by Crippen LogP contribution is -2.53. The summed E-state index contributed by atoms with van der Waals surface area (Å²) in [4.78, 5) is 0. The van der Waals surface area contributed by atoms with Crippen molar-refractivity contribution in [2.24, 2.45) is 0 Å². The summed E-state index contributed by atoms with van der Waals surface area (Å²) >= 11 is 0. The molecule has 0 aromatic heterocycles. The van der Waals surface area contributed by atoms with E-state index in [1.807, 2.05) is 12.1 Å². The Hall–Kier alpha value is -3.11. The van der Waals surface area contributed by atoms with Gasteiger partial charge in [0.15, 0.2) is 0 Å². The Kier molecular flexibility index (Phi) is 6.07. The van der Waals surface area contributed by atoms with E-state index in [-0.39, 0.29) is 5.54 Å². The van der Waals surface area contributed by atoms with E-state index in [2.05, 4.69) is 83.4 Å². The average molecular weight is 463 g/mol. The van der Waals surface area contributed by atoms with Gasteiger partial charge >= 0.3 is 6.18 Å². The molecule has 0 aliphatic carbocycles. The average Bonchev–Trinajstić information content (AvgIpc) is 2.82. The molecule has 1 nitrogen and oxygen atoms in total. The fourth-order valence-electron chi connectivity index (χ4n) is 4.38. The summed E-state index contributed by atoms with van der Waals surface area (Å²) in [6.07, 6.45) is -4.33. The molecule has 4 aromatic rings. The van der Waals surface area contributed by atoms with E-state index in [0.717, 1.165) is 56.2 Å². The molecule has 0 spiro atoms. The molecule has 0 aliphatic rings. The standard InChI is InChI=1S/C30H31F3N/c1-6-34(4,5)29(2,3)26-11-7-9-22(20-26)23-15-18-28-24(19-23)10-8-12-27(28)21-13-16-25(17-14-21)30(31,32)33/h7-20H,6H2,1-5H3/q+1. The van der Waals surface area contributed by atoms with Gasteiger partial charge in [-0.25, -0.2) is 0 Å². The first-order valence-corrected chi connectivity index (χ1v) is 11.6. The van der Waals surface area contributed by atoms with E-state index in [1.54, 1.807) is 12.1 Å². The quantitative estimate of drug-likeness (QED) is 0.261. The lowest BCUT2D eigenvalue weighted by atomic mass is 9.87. The molecule has 0 bridgehead atoms. The minimum absolute atomic E-state index is 0.0443. The molecule has 0 unspecified atom stereocenters. The zero-order chi connectivity index (χ0) is 24.7. The molecular weight excluding hydrogens is 431 g/mol. The van der Waals surface area contributed by atoms with E-state index >= 15 is 0 Å². The molecule has 0 heterocycles. The molecule has 0 amide bonds. The zero-order valence-corrected chi connectivity index (χ0v) is 20.4. The predicted molar refractivity (Wildman–Crippen MR) is 135 cm³/mol. The Balaban J connectivity index is 1.74. The highest BCUT2D eigenvalue weighted by Gasteiger charge is 2.37. The van der Waals surface area contributed by atoms with Crippen molar-refractivity contribution in [3.63, 3.8) is 0 Å². The van der Waals surface area contributed by atoms with Crippen LogP contribution in [0.2, 0.25) is 0 Å². The molecule has 4 aromatic carbocycles. The van der Waals surface area contributed by atoms with Crippen molar-refractivity contribution in [2.45, 2.75) is 32.5 Å². The van der Waals surface area contributed by atoms with Gasteiger partial charge in [0.25, 0.3) is 0 Å². The van der Waals surface area contributed by atoms with Crippen LogP contribution in [0.4, 0.5) is 13.2 Å². The number of halogens is 3. The van der Waals surface area contributed by atoms with Crippen molar-refractivity contribution in [3.05, 3.63) is 96.1 Å². The summed E-state index contributed by atoms with van der Waals surface area (Å²) < 4.78 is 39.8. The van der Waals surface area contributed by atoms with Gasteiger partial charge in [-0.05, 0) is 78.1 Å². The Morgan fingerprint density at radius 2 is 1.29 bits per heavy atom. The molecular formula is C30H31F3N+. The highest BCUT2D eigenvalue weighted by Crippen LogP contribution is 2.37. The Labute approximate surface area is 200 Å². The third-order valence-electron chi connectivity index (χ3n) is 7.61. The maximum absolute atomic E-state index is 13.0. The molecule has 4 heteroatoms. The van der Waals surface area contributed by atoms with Crippen LogP contribution < -0.4 is 0 Å². The number of rotatable bonds is 5. The number of hydrogen-bond acceptors (Lipinski definition) is 0. The van der Waals surface area contributed by atoms with Gasteiger partial charge in [-0.15, -0.1) is 0 Å². The topological polar surface area (TPSA) is 0 Å². The van der Waals surface area contributed by atoms with E-state index in [0.29, 0.717) is 0 Å². The van der Waals surface area contributed by atoms with Crippen LogP contribution in [-0.4, -0.2) is 25.1 Å². The zero-order valence-electron chi connectivity index (χ0n) is 20.4. The molecule has 34 heavy (non-hydrogen) atoms. The van der Waals surface area contributed by atoms with E-state index in [4.69, 9.17) is 0 Å². The number of nitrogens with zero attached hydrogens (tertiary/aromatic N) is 1. The fraction of sp³-hybridized carbons (Fsp3) is 0.267. The van der Waals surface area contributed by atoms with Gasteiger partial charge in [-0.2, -0.15) is 13.2 Å². The van der Waals surface area contributed by atoms with Gasteiger partial charge < -0.3 is 4.48 Å². The summed E-state index contributed by atoms with van der Waals surface area (Å²) in [5.41, 5.74) is 4.59. The van der Waals surface area contributed by atoms with Gasteiger partial charge in [-0.1, -0.05) is 60.7 Å². The largest absolute Gasteiger partial charge is 0.416 e. The third kappa shape index (κ3) is 4.35. The number of alkyl halides is 3. The minimum Gasteiger partial charge on any atom is -0.321 e. The van der Waals surface area contributed by atoms with Crippen LogP contribution in [0, 0.1) is 0 Å². The van der Waals surface area contributed by atoms with Gasteiger partial charge in [0.2, 0.25) is 0 Å². The molecule has 176 valence electrons. The summed E-state index contributed by atoms with van der Waals surface area (Å²) in [6, 6.07) is 26.4. The second kappa shape index (κ2) is 8.59. The summed E-state index contributed by atoms with van der Waals surface area (Å²) in [6.45, 7) is 7.81. The van der Waals surface area contributed by atoms with Gasteiger partial charge in [0.1, 0.15) is 5.54 Å². The monoisotopic (exact) mass is 462 g/mol. The number of fused-ring (bicyclic) bond motifs is 1. The summed E-state index contributed by atoms with van der Waals surface area (Å²) in [7, 11) is 4.51. The lowest BCUT2D eigenvalue weighted by Gasteiger charge is -2.44. The molecule has 0 aliphatic heterocycles. The Morgan fingerprint density at radius 1 is 0.676 bits per heavy atom. The first-order chi connectivity index (χ1) is 15.9. The van der Waals surface area contributed by atoms with E-state index in [1.165, 1.54) is 5.56 Å². The van der Waals surface area contributed by atoms with Crippen molar-refractivity contribution in [3.8, 4) is 22.3 Å². The second-order valence-corrected chi connectivity index (χ2v) is 9.96. The van der Waals surface area contributed by atoms with Crippen molar-refractivity contribution in [1.29, 1.82) is 0 Å². The number of hydrogen-bond donors (Lipinski definition) is 0. The second-order valence-electron chi connectivity index (χ2n) is 9.96. The summed E-state index contributed by atoms with van der Waals surface area (Å²) in [5, 5.41) is 2.08. The van der Waals surface area contributed by atoms with Crippen molar-refractivity contribution < 1.29 is 17.7 Å². The van der Waals surface area contributed by atoms with E-state index < -0.39 is 11.7 Å². The van der Waals surface area contributed by atoms with Crippen molar-refractivity contribution in [1.82, 2.24) is 0 Å². The Bertz CT molecular complexity index is 1320. The van der Waals surface area contributed by atoms with Crippen LogP contribution in [-0.2, 0) is 11.7 Å². The van der Waals surface area contributed by atoms with Crippen molar-refractivity contribution >= 4 is 10.8 Å². The number of benzene rings is 4. The number of quaternary nitrogens is 1. The Morgan fingerprint density at radius 3 is 1.94 bits per heavy atom. The molecule has 0 atom stereocenters. The van der Waals surface area contributed by atoms with E-state index in [9.17, 15) is 13.2 Å². The van der Waals surface area contributed by atoms with Crippen LogP contribution in [0.15, 0.2) is 84.9 Å². The van der Waals surface area contributed by atoms with Crippen molar-refractivity contribution in [2.75, 3.05) is 20.6 Å². The minimum atomic E-state index is -4.33. The van der Waals surface area contributed by atoms with Crippen LogP contribution in [0.3, 0.4) is 0 Å². The molecule has 0 radical (unpaired) electrons. The summed E-state index contributed by atoms with van der Waals surface area (Å²) in [5.74, 6) is 0. The SMILES string of the molecule is CC[N+](C)(C)C(C)(C)c1cccc(-c2ccc3c(-c4ccc(C(F)(F)F)cc4)cccc3c2)c1. The maximum Gasteiger partial charge on any atom is 0.416 e.